The molecule has 2 fully saturated rings. The third kappa shape index (κ3) is 3.46. The van der Waals surface area contributed by atoms with Crippen molar-refractivity contribution >= 4 is 5.65 Å². The maximum absolute atomic E-state index is 12.9. The molecule has 2 aromatic heterocycles. The molecule has 7 heteroatoms. The largest absolute Gasteiger partial charge is 0.391 e. The molecule has 2 aromatic rings. The lowest BCUT2D eigenvalue weighted by molar-refractivity contribution is -0.182. The van der Waals surface area contributed by atoms with Gasteiger partial charge in [0.25, 0.3) is 0 Å². The van der Waals surface area contributed by atoms with Crippen molar-refractivity contribution in [3.63, 3.8) is 0 Å². The van der Waals surface area contributed by atoms with E-state index in [-0.39, 0.29) is 18.8 Å². The smallest absolute Gasteiger partial charge is 0.316 e. The number of hydrogen-bond donors (Lipinski definition) is 1. The number of piperidine rings is 1. The summed E-state index contributed by atoms with van der Waals surface area (Å²) in [5.74, 6) is -0.644. The van der Waals surface area contributed by atoms with E-state index in [0.717, 1.165) is 48.7 Å². The Morgan fingerprint density at radius 1 is 1.08 bits per heavy atom. The number of fused-ring (bicyclic) bond motifs is 1. The van der Waals surface area contributed by atoms with Gasteiger partial charge in [0, 0.05) is 30.1 Å². The predicted octanol–water partition coefficient (Wildman–Crippen LogP) is 4.34. The second-order valence-electron chi connectivity index (χ2n) is 7.80. The van der Waals surface area contributed by atoms with Crippen LogP contribution in [0.25, 0.3) is 5.65 Å². The van der Waals surface area contributed by atoms with Gasteiger partial charge in [-0.2, -0.15) is 18.3 Å². The Balaban J connectivity index is 1.60. The second-order valence-corrected chi connectivity index (χ2v) is 7.80. The highest BCUT2D eigenvalue weighted by molar-refractivity contribution is 5.43. The maximum Gasteiger partial charge on any atom is 0.391 e. The second kappa shape index (κ2) is 6.83. The van der Waals surface area contributed by atoms with Gasteiger partial charge in [0.1, 0.15) is 0 Å². The average Bonchev–Trinajstić information content (AvgIpc) is 3.05. The third-order valence-electron chi connectivity index (χ3n) is 5.93. The Morgan fingerprint density at radius 2 is 1.85 bits per heavy atom. The molecule has 0 unspecified atom stereocenters. The van der Waals surface area contributed by atoms with Crippen LogP contribution in [0.4, 0.5) is 13.2 Å². The first-order chi connectivity index (χ1) is 12.4. The number of rotatable bonds is 2. The van der Waals surface area contributed by atoms with Crippen LogP contribution in [0, 0.1) is 12.8 Å². The molecule has 4 rings (SSSR count). The van der Waals surface area contributed by atoms with Crippen molar-refractivity contribution in [2.75, 3.05) is 13.1 Å². The van der Waals surface area contributed by atoms with Gasteiger partial charge in [-0.25, -0.2) is 9.50 Å². The van der Waals surface area contributed by atoms with Gasteiger partial charge >= 0.3 is 6.18 Å². The Bertz CT molecular complexity index is 769. The summed E-state index contributed by atoms with van der Waals surface area (Å²) >= 11 is 0. The molecular formula is C19H25F3N4. The van der Waals surface area contributed by atoms with Crippen molar-refractivity contribution < 1.29 is 13.2 Å². The molecule has 142 valence electrons. The van der Waals surface area contributed by atoms with Gasteiger partial charge in [-0.3, -0.25) is 0 Å². The molecule has 0 aromatic carbocycles. The number of aryl methyl sites for hydroxylation is 1. The summed E-state index contributed by atoms with van der Waals surface area (Å²) in [6.45, 7) is 3.97. The highest BCUT2D eigenvalue weighted by Gasteiger charge is 2.42. The Labute approximate surface area is 151 Å². The Hall–Kier alpha value is -1.63. The minimum Gasteiger partial charge on any atom is -0.316 e. The predicted molar refractivity (Wildman–Crippen MR) is 93.3 cm³/mol. The van der Waals surface area contributed by atoms with Crippen molar-refractivity contribution in [3.05, 3.63) is 29.2 Å². The summed E-state index contributed by atoms with van der Waals surface area (Å²) in [4.78, 5) is 4.60. The van der Waals surface area contributed by atoms with E-state index in [1.54, 1.807) is 0 Å². The molecule has 1 saturated carbocycles. The minimum absolute atomic E-state index is 0.105. The van der Waals surface area contributed by atoms with Gasteiger partial charge < -0.3 is 5.32 Å². The molecule has 1 saturated heterocycles. The lowest BCUT2D eigenvalue weighted by atomic mass is 9.80. The highest BCUT2D eigenvalue weighted by Crippen LogP contribution is 2.42. The monoisotopic (exact) mass is 366 g/mol. The molecule has 1 atom stereocenters. The van der Waals surface area contributed by atoms with Gasteiger partial charge in [-0.05, 0) is 58.1 Å². The molecule has 2 aliphatic rings. The van der Waals surface area contributed by atoms with Gasteiger partial charge in [-0.1, -0.05) is 0 Å². The topological polar surface area (TPSA) is 42.2 Å². The van der Waals surface area contributed by atoms with Gasteiger partial charge in [0.15, 0.2) is 5.65 Å². The number of nitrogens with one attached hydrogen (secondary N) is 1. The summed E-state index contributed by atoms with van der Waals surface area (Å²) in [5.41, 5.74) is 3.84. The molecule has 4 nitrogen and oxygen atoms in total. The van der Waals surface area contributed by atoms with Gasteiger partial charge in [-0.15, -0.1) is 0 Å². The zero-order valence-corrected chi connectivity index (χ0v) is 15.0. The van der Waals surface area contributed by atoms with Crippen LogP contribution >= 0.6 is 0 Å². The summed E-state index contributed by atoms with van der Waals surface area (Å²) in [7, 11) is 0. The molecule has 3 heterocycles. The van der Waals surface area contributed by atoms with E-state index >= 15 is 0 Å². The van der Waals surface area contributed by atoms with E-state index in [2.05, 4.69) is 16.4 Å². The van der Waals surface area contributed by atoms with Crippen LogP contribution in [0.15, 0.2) is 12.1 Å². The molecule has 0 radical (unpaired) electrons. The lowest BCUT2D eigenvalue weighted by Gasteiger charge is -2.28. The number of aromatic nitrogens is 3. The van der Waals surface area contributed by atoms with Crippen LogP contribution in [0.5, 0.6) is 0 Å². The van der Waals surface area contributed by atoms with E-state index in [1.165, 1.54) is 0 Å². The summed E-state index contributed by atoms with van der Waals surface area (Å²) in [6, 6.07) is 4.08. The molecule has 1 N–H and O–H groups in total. The van der Waals surface area contributed by atoms with E-state index in [9.17, 15) is 13.2 Å². The van der Waals surface area contributed by atoms with Crippen molar-refractivity contribution in [3.8, 4) is 0 Å². The average molecular weight is 366 g/mol. The highest BCUT2D eigenvalue weighted by atomic mass is 19.4. The Morgan fingerprint density at radius 3 is 2.50 bits per heavy atom. The van der Waals surface area contributed by atoms with E-state index in [0.29, 0.717) is 18.8 Å². The zero-order valence-electron chi connectivity index (χ0n) is 15.0. The van der Waals surface area contributed by atoms with Crippen molar-refractivity contribution in [2.45, 2.75) is 63.5 Å². The van der Waals surface area contributed by atoms with Crippen molar-refractivity contribution in [2.24, 2.45) is 5.92 Å². The standard InChI is InChI=1S/C19H25F3N4/c1-12-9-17(14-3-2-8-23-11-14)26-18(24-12)10-16(25-26)13-4-6-15(7-5-13)19(20,21)22/h9-10,13-15,23H,2-8,11H2,1H3/t13?,14-,15?/m0/s1. The fraction of sp³-hybridized carbons (Fsp3) is 0.684. The number of hydrogen-bond acceptors (Lipinski definition) is 3. The van der Waals surface area contributed by atoms with Gasteiger partial charge in [0.05, 0.1) is 17.3 Å². The zero-order chi connectivity index (χ0) is 18.3. The maximum atomic E-state index is 12.9. The van der Waals surface area contributed by atoms with Crippen LogP contribution in [-0.4, -0.2) is 33.9 Å². The molecule has 0 bridgehead atoms. The SMILES string of the molecule is Cc1cc([C@H]2CCCNC2)n2nc(C3CCC(C(F)(F)F)CC3)cc2n1. The molecule has 0 amide bonds. The van der Waals surface area contributed by atoms with Crippen molar-refractivity contribution in [1.82, 2.24) is 19.9 Å². The number of halogens is 3. The molecule has 1 aliphatic carbocycles. The number of alkyl halides is 3. The van der Waals surface area contributed by atoms with Gasteiger partial charge in [0.2, 0.25) is 0 Å². The fourth-order valence-electron chi connectivity index (χ4n) is 4.46. The molecule has 26 heavy (non-hydrogen) atoms. The number of nitrogens with zero attached hydrogens (tertiary/aromatic N) is 3. The van der Waals surface area contributed by atoms with E-state index < -0.39 is 12.1 Å². The quantitative estimate of drug-likeness (QED) is 0.860. The first-order valence-corrected chi connectivity index (χ1v) is 9.56. The van der Waals surface area contributed by atoms with Crippen molar-refractivity contribution in [1.29, 1.82) is 0 Å². The van der Waals surface area contributed by atoms with Crippen LogP contribution in [0.3, 0.4) is 0 Å². The van der Waals surface area contributed by atoms with Crippen LogP contribution in [0.1, 0.15) is 67.4 Å². The summed E-state index contributed by atoms with van der Waals surface area (Å²) < 4.78 is 40.6. The third-order valence-corrected chi connectivity index (χ3v) is 5.93. The molecule has 0 spiro atoms. The summed E-state index contributed by atoms with van der Waals surface area (Å²) in [5, 5.41) is 8.22. The normalized spacial score (nSPS) is 27.8. The fourth-order valence-corrected chi connectivity index (χ4v) is 4.46. The molecular weight excluding hydrogens is 341 g/mol. The van der Waals surface area contributed by atoms with Crippen LogP contribution in [0.2, 0.25) is 0 Å². The van der Waals surface area contributed by atoms with Crippen LogP contribution < -0.4 is 5.32 Å². The minimum atomic E-state index is -4.07. The summed E-state index contributed by atoms with van der Waals surface area (Å²) in [6.07, 6.45) is -0.299. The lowest BCUT2D eigenvalue weighted by Crippen LogP contribution is -2.29. The van der Waals surface area contributed by atoms with E-state index in [1.807, 2.05) is 17.5 Å². The first-order valence-electron chi connectivity index (χ1n) is 9.56. The van der Waals surface area contributed by atoms with E-state index in [4.69, 9.17) is 5.10 Å². The molecule has 1 aliphatic heterocycles. The first kappa shape index (κ1) is 17.8. The Kier molecular flexibility index (Phi) is 4.67. The van der Waals surface area contributed by atoms with Crippen LogP contribution in [-0.2, 0) is 0 Å².